The van der Waals surface area contributed by atoms with Crippen molar-refractivity contribution in [1.82, 2.24) is 10.2 Å². The molecule has 1 saturated heterocycles. The van der Waals surface area contributed by atoms with Gasteiger partial charge in [-0.05, 0) is 62.1 Å². The number of thioether (sulfide) groups is 1. The van der Waals surface area contributed by atoms with Gasteiger partial charge in [0.15, 0.2) is 5.12 Å². The second kappa shape index (κ2) is 13.2. The molecule has 214 valence electrons. The zero-order valence-corrected chi connectivity index (χ0v) is 23.0. The molecular weight excluding hydrogens is 544 g/mol. The highest BCUT2D eigenvalue weighted by Crippen LogP contribution is 2.33. The summed E-state index contributed by atoms with van der Waals surface area (Å²) in [6.07, 6.45) is -0.420. The highest BCUT2D eigenvalue weighted by molar-refractivity contribution is 8.14. The molecule has 1 aliphatic rings. The summed E-state index contributed by atoms with van der Waals surface area (Å²) in [5.41, 5.74) is 0.231. The Morgan fingerprint density at radius 1 is 0.950 bits per heavy atom. The predicted molar refractivity (Wildman–Crippen MR) is 146 cm³/mol. The fraction of sp³-hybridized carbons (Fsp3) is 0.423. The third-order valence-corrected chi connectivity index (χ3v) is 7.16. The standard InChI is InChI=1S/C26H30N4O9S/c1-17(31)40-23-12-22(28(14-23)25(33)39-16-19-6-10-21(11-7-19)30(36)37)13-26(2,3)27-24(32)38-15-18-4-8-20(9-5-18)29(34)35/h4-11,22-23H,12-16H2,1-3H3,(H,27,32)/t22-,23-/m0/s1. The Labute approximate surface area is 234 Å². The number of nitro groups is 2. The Bertz CT molecular complexity index is 1250. The van der Waals surface area contributed by atoms with Crippen LogP contribution in [0.1, 0.15) is 44.7 Å². The van der Waals surface area contributed by atoms with Crippen molar-refractivity contribution in [3.8, 4) is 0 Å². The number of carbonyl (C=O) groups excluding carboxylic acids is 3. The van der Waals surface area contributed by atoms with Gasteiger partial charge in [0.2, 0.25) is 0 Å². The fourth-order valence-electron chi connectivity index (χ4n) is 4.37. The number of benzene rings is 2. The first-order valence-electron chi connectivity index (χ1n) is 12.3. The van der Waals surface area contributed by atoms with Crippen molar-refractivity contribution in [2.45, 2.75) is 63.7 Å². The van der Waals surface area contributed by atoms with Crippen LogP contribution in [-0.2, 0) is 27.5 Å². The number of likely N-dealkylation sites (tertiary alicyclic amines) is 1. The van der Waals surface area contributed by atoms with E-state index in [2.05, 4.69) is 5.32 Å². The van der Waals surface area contributed by atoms with Crippen LogP contribution >= 0.6 is 11.8 Å². The summed E-state index contributed by atoms with van der Waals surface area (Å²) in [6.45, 7) is 5.15. The van der Waals surface area contributed by atoms with Gasteiger partial charge in [-0.25, -0.2) is 9.59 Å². The van der Waals surface area contributed by atoms with Crippen molar-refractivity contribution in [3.05, 3.63) is 79.9 Å². The van der Waals surface area contributed by atoms with Crippen molar-refractivity contribution < 1.29 is 33.7 Å². The van der Waals surface area contributed by atoms with Gasteiger partial charge in [0.05, 0.1) is 9.85 Å². The van der Waals surface area contributed by atoms with E-state index in [1.54, 1.807) is 13.8 Å². The van der Waals surface area contributed by atoms with Gasteiger partial charge in [-0.15, -0.1) is 0 Å². The smallest absolute Gasteiger partial charge is 0.410 e. The van der Waals surface area contributed by atoms with Crippen molar-refractivity contribution in [2.75, 3.05) is 6.54 Å². The molecule has 14 heteroatoms. The van der Waals surface area contributed by atoms with Gasteiger partial charge in [-0.1, -0.05) is 11.8 Å². The minimum absolute atomic E-state index is 0.0667. The first kappa shape index (κ1) is 30.3. The zero-order chi connectivity index (χ0) is 29.4. The minimum Gasteiger partial charge on any atom is -0.445 e. The number of ether oxygens (including phenoxy) is 2. The van der Waals surface area contributed by atoms with Crippen LogP contribution in [0.5, 0.6) is 0 Å². The molecule has 0 unspecified atom stereocenters. The summed E-state index contributed by atoms with van der Waals surface area (Å²) in [4.78, 5) is 59.4. The van der Waals surface area contributed by atoms with E-state index in [0.717, 1.165) is 11.8 Å². The Balaban J connectivity index is 1.58. The monoisotopic (exact) mass is 574 g/mol. The van der Waals surface area contributed by atoms with Gasteiger partial charge in [0.1, 0.15) is 13.2 Å². The second-order valence-corrected chi connectivity index (χ2v) is 11.4. The van der Waals surface area contributed by atoms with E-state index in [0.29, 0.717) is 24.0 Å². The average Bonchev–Trinajstić information content (AvgIpc) is 3.26. The summed E-state index contributed by atoms with van der Waals surface area (Å²) in [6, 6.07) is 11.0. The number of non-ortho nitro benzene ring substituents is 2. The Morgan fingerprint density at radius 3 is 1.93 bits per heavy atom. The van der Waals surface area contributed by atoms with E-state index in [4.69, 9.17) is 9.47 Å². The summed E-state index contributed by atoms with van der Waals surface area (Å²) >= 11 is 1.15. The topological polar surface area (TPSA) is 171 Å². The largest absolute Gasteiger partial charge is 0.445 e. The molecule has 1 fully saturated rings. The van der Waals surface area contributed by atoms with Crippen molar-refractivity contribution >= 4 is 40.4 Å². The van der Waals surface area contributed by atoms with Gasteiger partial charge in [0.25, 0.3) is 11.4 Å². The number of rotatable bonds is 10. The number of alkyl carbamates (subject to hydrolysis) is 1. The lowest BCUT2D eigenvalue weighted by Crippen LogP contribution is -2.49. The maximum atomic E-state index is 13.0. The fourth-order valence-corrected chi connectivity index (χ4v) is 5.39. The average molecular weight is 575 g/mol. The number of hydrogen-bond acceptors (Lipinski definition) is 10. The first-order chi connectivity index (χ1) is 18.8. The highest BCUT2D eigenvalue weighted by atomic mass is 32.2. The summed E-state index contributed by atoms with van der Waals surface area (Å²) in [5.74, 6) is 0. The molecule has 2 atom stereocenters. The lowest BCUT2D eigenvalue weighted by atomic mass is 9.94. The van der Waals surface area contributed by atoms with Crippen LogP contribution in [0.25, 0.3) is 0 Å². The normalized spacial score (nSPS) is 16.7. The quantitative estimate of drug-likeness (QED) is 0.302. The summed E-state index contributed by atoms with van der Waals surface area (Å²) < 4.78 is 10.7. The number of hydrogen-bond donors (Lipinski definition) is 1. The van der Waals surface area contributed by atoms with Gasteiger partial charge < -0.3 is 19.7 Å². The molecule has 2 amide bonds. The third kappa shape index (κ3) is 8.93. The molecule has 13 nitrogen and oxygen atoms in total. The molecule has 0 spiro atoms. The lowest BCUT2D eigenvalue weighted by molar-refractivity contribution is -0.385. The third-order valence-electron chi connectivity index (χ3n) is 6.16. The molecule has 1 N–H and O–H groups in total. The van der Waals surface area contributed by atoms with E-state index in [9.17, 15) is 34.6 Å². The molecule has 1 aliphatic heterocycles. The Kier molecular flexibility index (Phi) is 10.0. The van der Waals surface area contributed by atoms with E-state index in [1.807, 2.05) is 0 Å². The zero-order valence-electron chi connectivity index (χ0n) is 22.2. The van der Waals surface area contributed by atoms with Crippen LogP contribution in [0, 0.1) is 20.2 Å². The molecular formula is C26H30N4O9S. The van der Waals surface area contributed by atoms with Crippen molar-refractivity contribution in [1.29, 1.82) is 0 Å². The molecule has 0 aromatic heterocycles. The maximum Gasteiger partial charge on any atom is 0.410 e. The van der Waals surface area contributed by atoms with Crippen LogP contribution in [0.2, 0.25) is 0 Å². The van der Waals surface area contributed by atoms with E-state index in [-0.39, 0.29) is 47.5 Å². The molecule has 0 aliphatic carbocycles. The molecule has 3 rings (SSSR count). The highest BCUT2D eigenvalue weighted by Gasteiger charge is 2.40. The van der Waals surface area contributed by atoms with Crippen molar-refractivity contribution in [2.24, 2.45) is 0 Å². The Morgan fingerprint density at radius 2 is 1.45 bits per heavy atom. The molecule has 0 saturated carbocycles. The maximum absolute atomic E-state index is 13.0. The van der Waals surface area contributed by atoms with Gasteiger partial charge in [-0.3, -0.25) is 25.0 Å². The molecule has 2 aromatic carbocycles. The van der Waals surface area contributed by atoms with Crippen LogP contribution in [0.4, 0.5) is 21.0 Å². The molecule has 0 bridgehead atoms. The van der Waals surface area contributed by atoms with Gasteiger partial charge in [-0.2, -0.15) is 0 Å². The number of nitrogens with one attached hydrogen (secondary N) is 1. The second-order valence-electron chi connectivity index (χ2n) is 9.96. The first-order valence-corrected chi connectivity index (χ1v) is 13.2. The number of nitro benzene ring substituents is 2. The van der Waals surface area contributed by atoms with E-state index < -0.39 is 27.6 Å². The lowest BCUT2D eigenvalue weighted by Gasteiger charge is -2.32. The van der Waals surface area contributed by atoms with Crippen molar-refractivity contribution in [3.63, 3.8) is 0 Å². The van der Waals surface area contributed by atoms with Gasteiger partial charge >= 0.3 is 12.2 Å². The Hall–Kier alpha value is -4.20. The summed E-state index contributed by atoms with van der Waals surface area (Å²) in [7, 11) is 0. The molecule has 40 heavy (non-hydrogen) atoms. The van der Waals surface area contributed by atoms with Crippen LogP contribution in [-0.4, -0.2) is 55.4 Å². The summed E-state index contributed by atoms with van der Waals surface area (Å²) in [5, 5.41) is 24.2. The number of nitrogens with zero attached hydrogens (tertiary/aromatic N) is 3. The van der Waals surface area contributed by atoms with Crippen LogP contribution in [0.3, 0.4) is 0 Å². The molecule has 2 aromatic rings. The number of amides is 2. The van der Waals surface area contributed by atoms with Gasteiger partial charge in [0, 0.05) is 54.6 Å². The van der Waals surface area contributed by atoms with Crippen LogP contribution in [0.15, 0.2) is 48.5 Å². The molecule has 1 heterocycles. The van der Waals surface area contributed by atoms with E-state index >= 15 is 0 Å². The van der Waals surface area contributed by atoms with E-state index in [1.165, 1.54) is 60.4 Å². The minimum atomic E-state index is -0.802. The van der Waals surface area contributed by atoms with Crippen LogP contribution < -0.4 is 5.32 Å². The molecule has 0 radical (unpaired) electrons. The predicted octanol–water partition coefficient (Wildman–Crippen LogP) is 4.96. The SMILES string of the molecule is CC(=O)S[C@H]1C[C@@H](CC(C)(C)NC(=O)OCc2ccc([N+](=O)[O-])cc2)N(C(=O)OCc2ccc([N+](=O)[O-])cc2)C1. The number of carbonyl (C=O) groups is 3.